The average molecular weight is 322 g/mol. The van der Waals surface area contributed by atoms with Gasteiger partial charge in [-0.25, -0.2) is 4.39 Å². The second kappa shape index (κ2) is 6.21. The fraction of sp³-hybridized carbons (Fsp3) is 0.250. The van der Waals surface area contributed by atoms with Crippen molar-refractivity contribution in [1.29, 1.82) is 0 Å². The molecule has 1 fully saturated rings. The predicted octanol–water partition coefficient (Wildman–Crippen LogP) is 4.26. The number of likely N-dealkylation sites (tertiary alicyclic amines) is 1. The standard InChI is InChI=1S/C20H19FN2O/c21-16-8-5-15(6-9-16)19(23-12-1-2-13-23)17-10-7-14-4-3-11-22-18(14)20(17)24/h3-11,19,24H,1-2,12-13H2/t19-/m0/s1. The van der Waals surface area contributed by atoms with Gasteiger partial charge in [-0.2, -0.15) is 0 Å². The Balaban J connectivity index is 1.86. The lowest BCUT2D eigenvalue weighted by Crippen LogP contribution is -2.26. The van der Waals surface area contributed by atoms with Crippen LogP contribution in [0.1, 0.15) is 30.0 Å². The molecule has 24 heavy (non-hydrogen) atoms. The van der Waals surface area contributed by atoms with E-state index in [2.05, 4.69) is 9.88 Å². The van der Waals surface area contributed by atoms with Crippen molar-refractivity contribution < 1.29 is 9.50 Å². The van der Waals surface area contributed by atoms with Crippen LogP contribution in [0.4, 0.5) is 4.39 Å². The Morgan fingerprint density at radius 1 is 1.00 bits per heavy atom. The molecule has 3 nitrogen and oxygen atoms in total. The van der Waals surface area contributed by atoms with Gasteiger partial charge in [-0.15, -0.1) is 0 Å². The van der Waals surface area contributed by atoms with Gasteiger partial charge in [0.05, 0.1) is 6.04 Å². The number of pyridine rings is 1. The van der Waals surface area contributed by atoms with Crippen molar-refractivity contribution in [2.45, 2.75) is 18.9 Å². The fourth-order valence-electron chi connectivity index (χ4n) is 3.60. The smallest absolute Gasteiger partial charge is 0.146 e. The Morgan fingerprint density at radius 2 is 1.75 bits per heavy atom. The van der Waals surface area contributed by atoms with Crippen LogP contribution >= 0.6 is 0 Å². The van der Waals surface area contributed by atoms with Gasteiger partial charge in [0.1, 0.15) is 17.1 Å². The normalized spacial score (nSPS) is 16.5. The van der Waals surface area contributed by atoms with Crippen molar-refractivity contribution in [1.82, 2.24) is 9.88 Å². The summed E-state index contributed by atoms with van der Waals surface area (Å²) in [5, 5.41) is 11.7. The van der Waals surface area contributed by atoms with Crippen LogP contribution in [0.2, 0.25) is 0 Å². The van der Waals surface area contributed by atoms with Gasteiger partial charge in [-0.3, -0.25) is 9.88 Å². The van der Waals surface area contributed by atoms with Crippen molar-refractivity contribution in [3.63, 3.8) is 0 Å². The van der Waals surface area contributed by atoms with E-state index in [0.29, 0.717) is 5.52 Å². The zero-order chi connectivity index (χ0) is 16.5. The van der Waals surface area contributed by atoms with E-state index in [4.69, 9.17) is 0 Å². The number of hydrogen-bond acceptors (Lipinski definition) is 3. The summed E-state index contributed by atoms with van der Waals surface area (Å²) in [4.78, 5) is 6.67. The van der Waals surface area contributed by atoms with Gasteiger partial charge in [0.25, 0.3) is 0 Å². The highest BCUT2D eigenvalue weighted by Crippen LogP contribution is 2.39. The molecule has 1 aromatic heterocycles. The lowest BCUT2D eigenvalue weighted by molar-refractivity contribution is 0.275. The first-order valence-electron chi connectivity index (χ1n) is 8.30. The summed E-state index contributed by atoms with van der Waals surface area (Å²) in [6, 6.07) is 14.2. The summed E-state index contributed by atoms with van der Waals surface area (Å²) < 4.78 is 13.3. The molecule has 0 bridgehead atoms. The SMILES string of the molecule is Oc1c([C@H](c2ccc(F)cc2)N2CCCC2)ccc2cccnc12. The summed E-state index contributed by atoms with van der Waals surface area (Å²) >= 11 is 0. The van der Waals surface area contributed by atoms with E-state index in [-0.39, 0.29) is 17.6 Å². The van der Waals surface area contributed by atoms with Gasteiger partial charge < -0.3 is 5.11 Å². The third-order valence-electron chi connectivity index (χ3n) is 4.77. The lowest BCUT2D eigenvalue weighted by Gasteiger charge is -2.29. The monoisotopic (exact) mass is 322 g/mol. The maximum atomic E-state index is 13.3. The van der Waals surface area contributed by atoms with Crippen molar-refractivity contribution in [2.24, 2.45) is 0 Å². The summed E-state index contributed by atoms with van der Waals surface area (Å²) in [6.45, 7) is 1.95. The van der Waals surface area contributed by atoms with Crippen LogP contribution in [0.15, 0.2) is 54.7 Å². The lowest BCUT2D eigenvalue weighted by atomic mass is 9.95. The molecule has 0 unspecified atom stereocenters. The van der Waals surface area contributed by atoms with Crippen LogP contribution < -0.4 is 0 Å². The highest BCUT2D eigenvalue weighted by molar-refractivity contribution is 5.85. The highest BCUT2D eigenvalue weighted by atomic mass is 19.1. The largest absolute Gasteiger partial charge is 0.505 e. The van der Waals surface area contributed by atoms with Crippen LogP contribution in [-0.4, -0.2) is 28.1 Å². The molecule has 0 aliphatic carbocycles. The molecule has 4 heteroatoms. The van der Waals surface area contributed by atoms with E-state index in [1.54, 1.807) is 18.3 Å². The average Bonchev–Trinajstić information content (AvgIpc) is 3.13. The number of phenolic OH excluding ortho intramolecular Hbond substituents is 1. The minimum atomic E-state index is -0.247. The quantitative estimate of drug-likeness (QED) is 0.782. The summed E-state index contributed by atoms with van der Waals surface area (Å²) in [7, 11) is 0. The Bertz CT molecular complexity index is 857. The Labute approximate surface area is 140 Å². The molecule has 0 saturated carbocycles. The van der Waals surface area contributed by atoms with Crippen molar-refractivity contribution >= 4 is 10.9 Å². The third-order valence-corrected chi connectivity index (χ3v) is 4.77. The molecule has 0 spiro atoms. The van der Waals surface area contributed by atoms with E-state index in [0.717, 1.165) is 42.4 Å². The molecule has 2 aromatic carbocycles. The van der Waals surface area contributed by atoms with Crippen molar-refractivity contribution in [3.8, 4) is 5.75 Å². The topological polar surface area (TPSA) is 36.4 Å². The van der Waals surface area contributed by atoms with Gasteiger partial charge in [0.15, 0.2) is 0 Å². The van der Waals surface area contributed by atoms with E-state index < -0.39 is 0 Å². The number of phenols is 1. The van der Waals surface area contributed by atoms with Crippen LogP contribution in [0, 0.1) is 5.82 Å². The van der Waals surface area contributed by atoms with E-state index >= 15 is 0 Å². The first kappa shape index (κ1) is 15.1. The van der Waals surface area contributed by atoms with Crippen LogP contribution in [0.3, 0.4) is 0 Å². The number of rotatable bonds is 3. The molecule has 4 rings (SSSR count). The Hall–Kier alpha value is -2.46. The van der Waals surface area contributed by atoms with Crippen molar-refractivity contribution in [2.75, 3.05) is 13.1 Å². The minimum absolute atomic E-state index is 0.0838. The Morgan fingerprint density at radius 3 is 2.50 bits per heavy atom. The number of hydrogen-bond donors (Lipinski definition) is 1. The van der Waals surface area contributed by atoms with Gasteiger partial charge in [-0.05, 0) is 49.7 Å². The van der Waals surface area contributed by atoms with Gasteiger partial charge in [-0.1, -0.05) is 30.3 Å². The maximum Gasteiger partial charge on any atom is 0.146 e. The molecule has 1 aliphatic heterocycles. The summed E-state index contributed by atoms with van der Waals surface area (Å²) in [6.07, 6.45) is 3.98. The Kier molecular flexibility index (Phi) is 3.90. The predicted molar refractivity (Wildman–Crippen MR) is 92.5 cm³/mol. The fourth-order valence-corrected chi connectivity index (χ4v) is 3.60. The molecule has 0 radical (unpaired) electrons. The zero-order valence-electron chi connectivity index (χ0n) is 13.3. The number of fused-ring (bicyclic) bond motifs is 1. The van der Waals surface area contributed by atoms with E-state index in [1.807, 2.05) is 24.3 Å². The number of benzene rings is 2. The second-order valence-corrected chi connectivity index (χ2v) is 6.28. The molecule has 122 valence electrons. The molecular weight excluding hydrogens is 303 g/mol. The number of halogens is 1. The van der Waals surface area contributed by atoms with Crippen molar-refractivity contribution in [3.05, 3.63) is 71.7 Å². The first-order valence-corrected chi connectivity index (χ1v) is 8.30. The molecule has 1 saturated heterocycles. The first-order chi connectivity index (χ1) is 11.7. The van der Waals surface area contributed by atoms with Gasteiger partial charge in [0, 0.05) is 17.1 Å². The van der Waals surface area contributed by atoms with Crippen LogP contribution in [0.5, 0.6) is 5.75 Å². The highest BCUT2D eigenvalue weighted by Gasteiger charge is 2.28. The number of aromatic nitrogens is 1. The van der Waals surface area contributed by atoms with Gasteiger partial charge in [0.2, 0.25) is 0 Å². The number of aromatic hydroxyl groups is 1. The van der Waals surface area contributed by atoms with E-state index in [1.165, 1.54) is 12.1 Å². The second-order valence-electron chi connectivity index (χ2n) is 6.28. The minimum Gasteiger partial charge on any atom is -0.505 e. The molecule has 1 atom stereocenters. The molecular formula is C20H19FN2O. The van der Waals surface area contributed by atoms with Crippen LogP contribution in [-0.2, 0) is 0 Å². The molecule has 0 amide bonds. The maximum absolute atomic E-state index is 13.3. The third kappa shape index (κ3) is 2.63. The summed E-state index contributed by atoms with van der Waals surface area (Å²) in [5.74, 6) is -0.0300. The van der Waals surface area contributed by atoms with Gasteiger partial charge >= 0.3 is 0 Å². The zero-order valence-corrected chi connectivity index (χ0v) is 13.3. The molecule has 3 aromatic rings. The van der Waals surface area contributed by atoms with Crippen LogP contribution in [0.25, 0.3) is 10.9 Å². The molecule has 2 heterocycles. The molecule has 1 aliphatic rings. The van der Waals surface area contributed by atoms with E-state index in [9.17, 15) is 9.50 Å². The summed E-state index contributed by atoms with van der Waals surface area (Å²) in [5.41, 5.74) is 2.43. The number of nitrogens with zero attached hydrogens (tertiary/aromatic N) is 2. The molecule has 1 N–H and O–H groups in total.